The van der Waals surface area contributed by atoms with Crippen LogP contribution in [-0.4, -0.2) is 57.6 Å². The summed E-state index contributed by atoms with van der Waals surface area (Å²) in [6.07, 6.45) is 0. The van der Waals surface area contributed by atoms with Gasteiger partial charge in [-0.2, -0.15) is 0 Å². The second kappa shape index (κ2) is 8.72. The van der Waals surface area contributed by atoms with Crippen molar-refractivity contribution in [3.8, 4) is 0 Å². The third-order valence-corrected chi connectivity index (χ3v) is 5.06. The highest BCUT2D eigenvalue weighted by atomic mass is 32.2. The van der Waals surface area contributed by atoms with Crippen molar-refractivity contribution in [3.63, 3.8) is 0 Å². The van der Waals surface area contributed by atoms with Crippen LogP contribution in [0.3, 0.4) is 0 Å². The van der Waals surface area contributed by atoms with Crippen molar-refractivity contribution < 1.29 is 22.7 Å². The number of morpholine rings is 1. The third kappa shape index (κ3) is 4.79. The molecular formula is C16H18F3N5O2S. The monoisotopic (exact) mass is 401 g/mol. The van der Waals surface area contributed by atoms with E-state index in [-0.39, 0.29) is 5.75 Å². The minimum absolute atomic E-state index is 0.0814. The number of ether oxygens (including phenoxy) is 1. The second-order valence-electron chi connectivity index (χ2n) is 5.91. The predicted molar refractivity (Wildman–Crippen MR) is 92.8 cm³/mol. The Morgan fingerprint density at radius 3 is 2.70 bits per heavy atom. The number of nitrogens with zero attached hydrogens (tertiary/aromatic N) is 4. The van der Waals surface area contributed by atoms with Crippen LogP contribution in [0.1, 0.15) is 5.82 Å². The van der Waals surface area contributed by atoms with Gasteiger partial charge in [0, 0.05) is 20.1 Å². The molecule has 0 radical (unpaired) electrons. The first kappa shape index (κ1) is 19.6. The summed E-state index contributed by atoms with van der Waals surface area (Å²) >= 11 is 1.11. The molecule has 0 bridgehead atoms. The Kier molecular flexibility index (Phi) is 6.34. The minimum Gasteiger partial charge on any atom is -0.379 e. The summed E-state index contributed by atoms with van der Waals surface area (Å²) in [6.45, 7) is 3.62. The first-order valence-electron chi connectivity index (χ1n) is 8.20. The van der Waals surface area contributed by atoms with Gasteiger partial charge in [0.25, 0.3) is 0 Å². The molecular weight excluding hydrogens is 383 g/mol. The van der Waals surface area contributed by atoms with Crippen LogP contribution in [0.2, 0.25) is 0 Å². The number of halogens is 3. The zero-order valence-electron chi connectivity index (χ0n) is 14.5. The van der Waals surface area contributed by atoms with Crippen molar-refractivity contribution in [2.45, 2.75) is 11.7 Å². The summed E-state index contributed by atoms with van der Waals surface area (Å²) < 4.78 is 46.8. The Labute approximate surface area is 157 Å². The largest absolute Gasteiger partial charge is 0.379 e. The van der Waals surface area contributed by atoms with Crippen LogP contribution in [0, 0.1) is 17.5 Å². The van der Waals surface area contributed by atoms with Crippen LogP contribution in [0.25, 0.3) is 0 Å². The molecule has 11 heteroatoms. The number of nitrogens with one attached hydrogen (secondary N) is 1. The van der Waals surface area contributed by atoms with Crippen molar-refractivity contribution in [2.75, 3.05) is 37.4 Å². The highest BCUT2D eigenvalue weighted by Crippen LogP contribution is 2.21. The number of hydrogen-bond acceptors (Lipinski definition) is 6. The van der Waals surface area contributed by atoms with Gasteiger partial charge in [-0.3, -0.25) is 9.69 Å². The minimum atomic E-state index is -1.62. The highest BCUT2D eigenvalue weighted by molar-refractivity contribution is 7.99. The van der Waals surface area contributed by atoms with Gasteiger partial charge in [-0.05, 0) is 12.1 Å². The Balaban J connectivity index is 1.55. The lowest BCUT2D eigenvalue weighted by Crippen LogP contribution is -2.36. The number of benzene rings is 1. The molecule has 1 aromatic heterocycles. The van der Waals surface area contributed by atoms with Gasteiger partial charge in [0.2, 0.25) is 5.91 Å². The fourth-order valence-corrected chi connectivity index (χ4v) is 3.24. The molecule has 1 N–H and O–H groups in total. The van der Waals surface area contributed by atoms with Crippen LogP contribution >= 0.6 is 11.8 Å². The van der Waals surface area contributed by atoms with Crippen LogP contribution in [0.5, 0.6) is 0 Å². The van der Waals surface area contributed by atoms with E-state index in [9.17, 15) is 18.0 Å². The van der Waals surface area contributed by atoms with Gasteiger partial charge in [0.15, 0.2) is 22.6 Å². The maximum Gasteiger partial charge on any atom is 0.234 e. The topological polar surface area (TPSA) is 72.3 Å². The van der Waals surface area contributed by atoms with E-state index >= 15 is 0 Å². The molecule has 0 atom stereocenters. The van der Waals surface area contributed by atoms with Gasteiger partial charge >= 0.3 is 0 Å². The molecule has 27 heavy (non-hydrogen) atoms. The van der Waals surface area contributed by atoms with E-state index in [0.29, 0.717) is 24.9 Å². The van der Waals surface area contributed by atoms with Gasteiger partial charge in [0.1, 0.15) is 5.82 Å². The van der Waals surface area contributed by atoms with Crippen LogP contribution in [0.15, 0.2) is 17.3 Å². The molecule has 0 aliphatic carbocycles. The van der Waals surface area contributed by atoms with Gasteiger partial charge < -0.3 is 14.6 Å². The van der Waals surface area contributed by atoms with Gasteiger partial charge in [-0.25, -0.2) is 13.2 Å². The van der Waals surface area contributed by atoms with E-state index < -0.39 is 29.0 Å². The third-order valence-electron chi connectivity index (χ3n) is 4.04. The average molecular weight is 401 g/mol. The Hall–Kier alpha value is -2.11. The quantitative estimate of drug-likeness (QED) is 0.588. The number of hydrogen-bond donors (Lipinski definition) is 1. The predicted octanol–water partition coefficient (Wildman–Crippen LogP) is 1.80. The van der Waals surface area contributed by atoms with E-state index in [1.807, 2.05) is 0 Å². The first-order valence-corrected chi connectivity index (χ1v) is 9.18. The number of carbonyl (C=O) groups excluding carboxylic acids is 1. The SMILES string of the molecule is Cn1c(CN2CCOCC2)nnc1SCC(=O)Nc1ccc(F)c(F)c1F. The van der Waals surface area contributed by atoms with E-state index in [0.717, 1.165) is 42.8 Å². The van der Waals surface area contributed by atoms with E-state index in [4.69, 9.17) is 4.74 Å². The molecule has 2 heterocycles. The first-order chi connectivity index (χ1) is 13.0. The molecule has 1 aliphatic rings. The van der Waals surface area contributed by atoms with Gasteiger partial charge in [-0.1, -0.05) is 11.8 Å². The Morgan fingerprint density at radius 1 is 1.22 bits per heavy atom. The zero-order valence-corrected chi connectivity index (χ0v) is 15.4. The van der Waals surface area contributed by atoms with E-state index in [1.54, 1.807) is 11.6 Å². The van der Waals surface area contributed by atoms with E-state index in [1.165, 1.54) is 0 Å². The van der Waals surface area contributed by atoms with Crippen molar-refractivity contribution in [2.24, 2.45) is 7.05 Å². The summed E-state index contributed by atoms with van der Waals surface area (Å²) in [6, 6.07) is 1.72. The maximum atomic E-state index is 13.6. The van der Waals surface area contributed by atoms with Crippen molar-refractivity contribution in [3.05, 3.63) is 35.4 Å². The summed E-state index contributed by atoms with van der Waals surface area (Å²) in [5, 5.41) is 10.9. The van der Waals surface area contributed by atoms with Crippen molar-refractivity contribution >= 4 is 23.4 Å². The van der Waals surface area contributed by atoms with Crippen LogP contribution in [0.4, 0.5) is 18.9 Å². The second-order valence-corrected chi connectivity index (χ2v) is 6.85. The van der Waals surface area contributed by atoms with Crippen molar-refractivity contribution in [1.82, 2.24) is 19.7 Å². The number of thioether (sulfide) groups is 1. The number of aromatic nitrogens is 3. The lowest BCUT2D eigenvalue weighted by Gasteiger charge is -2.25. The molecule has 146 valence electrons. The molecule has 0 spiro atoms. The highest BCUT2D eigenvalue weighted by Gasteiger charge is 2.18. The van der Waals surface area contributed by atoms with Crippen molar-refractivity contribution in [1.29, 1.82) is 0 Å². The maximum absolute atomic E-state index is 13.6. The van der Waals surface area contributed by atoms with Gasteiger partial charge in [0.05, 0.1) is 31.2 Å². The molecule has 1 saturated heterocycles. The molecule has 2 aromatic rings. The standard InChI is InChI=1S/C16H18F3N5O2S/c1-23-12(8-24-4-6-26-7-5-24)21-22-16(23)27-9-13(25)20-11-3-2-10(17)14(18)15(11)19/h2-3H,4-9H2,1H3,(H,20,25). The molecule has 3 rings (SSSR count). The summed E-state index contributed by atoms with van der Waals surface area (Å²) in [7, 11) is 1.80. The Morgan fingerprint density at radius 2 is 1.96 bits per heavy atom. The van der Waals surface area contributed by atoms with Gasteiger partial charge in [-0.15, -0.1) is 10.2 Å². The molecule has 0 saturated carbocycles. The van der Waals surface area contributed by atoms with Crippen LogP contribution < -0.4 is 5.32 Å². The summed E-state index contributed by atoms with van der Waals surface area (Å²) in [5.41, 5.74) is -0.412. The average Bonchev–Trinajstić information content (AvgIpc) is 3.01. The van der Waals surface area contributed by atoms with Crippen LogP contribution in [-0.2, 0) is 23.1 Å². The lowest BCUT2D eigenvalue weighted by molar-refractivity contribution is -0.113. The molecule has 0 unspecified atom stereocenters. The lowest BCUT2D eigenvalue weighted by atomic mass is 10.3. The fraction of sp³-hybridized carbons (Fsp3) is 0.438. The number of carbonyl (C=O) groups is 1. The number of rotatable bonds is 6. The Bertz CT molecular complexity index is 827. The number of anilines is 1. The molecule has 1 amide bonds. The molecule has 1 fully saturated rings. The summed E-state index contributed by atoms with van der Waals surface area (Å²) in [5.74, 6) is -4.26. The summed E-state index contributed by atoms with van der Waals surface area (Å²) in [4.78, 5) is 14.2. The molecule has 7 nitrogen and oxygen atoms in total. The smallest absolute Gasteiger partial charge is 0.234 e. The zero-order chi connectivity index (χ0) is 19.4. The fourth-order valence-electron chi connectivity index (χ4n) is 2.51. The van der Waals surface area contributed by atoms with E-state index in [2.05, 4.69) is 20.4 Å². The molecule has 1 aliphatic heterocycles. The molecule has 1 aromatic carbocycles. The number of amides is 1. The normalized spacial score (nSPS) is 15.1.